The van der Waals surface area contributed by atoms with Crippen molar-refractivity contribution < 1.29 is 4.79 Å². The van der Waals surface area contributed by atoms with E-state index in [2.05, 4.69) is 42.5 Å². The molecule has 24 heavy (non-hydrogen) atoms. The van der Waals surface area contributed by atoms with Crippen molar-refractivity contribution in [2.45, 2.75) is 58.5 Å². The molecule has 0 fully saturated rings. The molecular weight excluding hydrogens is 300 g/mol. The molecule has 0 spiro atoms. The second kappa shape index (κ2) is 6.06. The van der Waals surface area contributed by atoms with Gasteiger partial charge in [0.15, 0.2) is 0 Å². The molecule has 1 heterocycles. The lowest BCUT2D eigenvalue weighted by Crippen LogP contribution is -2.50. The van der Waals surface area contributed by atoms with E-state index in [9.17, 15) is 4.79 Å². The first-order chi connectivity index (χ1) is 11.3. The molecule has 0 aliphatic heterocycles. The van der Waals surface area contributed by atoms with Crippen molar-refractivity contribution in [2.24, 2.45) is 5.73 Å². The Labute approximate surface area is 143 Å². The molecule has 1 aromatic carbocycles. The molecule has 3 rings (SSSR count). The van der Waals surface area contributed by atoms with Crippen molar-refractivity contribution in [3.63, 3.8) is 0 Å². The maximum atomic E-state index is 12.3. The second-order valence-electron chi connectivity index (χ2n) is 7.32. The molecular formula is C19H26N4O. The summed E-state index contributed by atoms with van der Waals surface area (Å²) in [6, 6.07) is 6.26. The van der Waals surface area contributed by atoms with Crippen molar-refractivity contribution in [2.75, 3.05) is 0 Å². The Morgan fingerprint density at radius 3 is 2.83 bits per heavy atom. The van der Waals surface area contributed by atoms with Gasteiger partial charge in [-0.1, -0.05) is 12.1 Å². The lowest BCUT2D eigenvalue weighted by Gasteiger charge is -2.27. The van der Waals surface area contributed by atoms with Crippen LogP contribution in [0, 0.1) is 13.8 Å². The number of fused-ring (bicyclic) bond motifs is 1. The van der Waals surface area contributed by atoms with Gasteiger partial charge in [-0.15, -0.1) is 0 Å². The highest BCUT2D eigenvalue weighted by Gasteiger charge is 2.30. The molecule has 0 bridgehead atoms. The van der Waals surface area contributed by atoms with E-state index in [1.807, 2.05) is 10.9 Å². The fraction of sp³-hybridized carbons (Fsp3) is 0.474. The SMILES string of the molecule is Cc1cccc(-n2ncc3c2CCCC3NC(=O)C(C)(C)N)c1C. The molecule has 0 radical (unpaired) electrons. The van der Waals surface area contributed by atoms with E-state index >= 15 is 0 Å². The molecule has 0 saturated carbocycles. The second-order valence-corrected chi connectivity index (χ2v) is 7.32. The summed E-state index contributed by atoms with van der Waals surface area (Å²) >= 11 is 0. The van der Waals surface area contributed by atoms with Crippen LogP contribution in [0.4, 0.5) is 0 Å². The van der Waals surface area contributed by atoms with Crippen LogP contribution in [0.15, 0.2) is 24.4 Å². The zero-order valence-corrected chi connectivity index (χ0v) is 14.9. The Kier molecular flexibility index (Phi) is 4.22. The van der Waals surface area contributed by atoms with Gasteiger partial charge >= 0.3 is 0 Å². The number of aryl methyl sites for hydroxylation is 1. The van der Waals surface area contributed by atoms with E-state index in [0.717, 1.165) is 30.5 Å². The van der Waals surface area contributed by atoms with Crippen LogP contribution in [0.5, 0.6) is 0 Å². The van der Waals surface area contributed by atoms with Crippen molar-refractivity contribution >= 4 is 5.91 Å². The van der Waals surface area contributed by atoms with Crippen LogP contribution < -0.4 is 11.1 Å². The molecule has 0 saturated heterocycles. The number of nitrogens with zero attached hydrogens (tertiary/aromatic N) is 2. The van der Waals surface area contributed by atoms with Gasteiger partial charge in [0.1, 0.15) is 0 Å². The maximum Gasteiger partial charge on any atom is 0.239 e. The number of benzene rings is 1. The monoisotopic (exact) mass is 326 g/mol. The minimum Gasteiger partial charge on any atom is -0.348 e. The number of hydrogen-bond acceptors (Lipinski definition) is 3. The summed E-state index contributed by atoms with van der Waals surface area (Å²) in [4.78, 5) is 12.3. The van der Waals surface area contributed by atoms with Gasteiger partial charge in [-0.05, 0) is 64.2 Å². The number of hydrogen-bond donors (Lipinski definition) is 2. The largest absolute Gasteiger partial charge is 0.348 e. The van der Waals surface area contributed by atoms with Crippen molar-refractivity contribution in [1.29, 1.82) is 0 Å². The summed E-state index contributed by atoms with van der Waals surface area (Å²) in [5, 5.41) is 7.71. The van der Waals surface area contributed by atoms with E-state index in [0.29, 0.717) is 0 Å². The van der Waals surface area contributed by atoms with Gasteiger partial charge in [0.05, 0.1) is 23.5 Å². The van der Waals surface area contributed by atoms with Crippen molar-refractivity contribution in [3.8, 4) is 5.69 Å². The third kappa shape index (κ3) is 2.96. The molecule has 1 unspecified atom stereocenters. The fourth-order valence-electron chi connectivity index (χ4n) is 3.22. The van der Waals surface area contributed by atoms with E-state index in [-0.39, 0.29) is 11.9 Å². The summed E-state index contributed by atoms with van der Waals surface area (Å²) < 4.78 is 2.03. The van der Waals surface area contributed by atoms with Crippen molar-refractivity contribution in [1.82, 2.24) is 15.1 Å². The Bertz CT molecular complexity index is 770. The van der Waals surface area contributed by atoms with Gasteiger partial charge in [0, 0.05) is 11.3 Å². The molecule has 1 aliphatic carbocycles. The zero-order valence-electron chi connectivity index (χ0n) is 14.9. The minimum absolute atomic E-state index is 0.0112. The number of nitrogens with one attached hydrogen (secondary N) is 1. The third-order valence-corrected chi connectivity index (χ3v) is 4.88. The van der Waals surface area contributed by atoms with E-state index in [1.165, 1.54) is 16.8 Å². The molecule has 1 aromatic heterocycles. The number of nitrogens with two attached hydrogens (primary N) is 1. The Hall–Kier alpha value is -2.14. The highest BCUT2D eigenvalue weighted by atomic mass is 16.2. The summed E-state index contributed by atoms with van der Waals surface area (Å²) in [7, 11) is 0. The van der Waals surface area contributed by atoms with Crippen LogP contribution in [0.25, 0.3) is 5.69 Å². The predicted molar refractivity (Wildman–Crippen MR) is 95.1 cm³/mol. The minimum atomic E-state index is -0.874. The number of rotatable bonds is 3. The quantitative estimate of drug-likeness (QED) is 0.911. The molecule has 2 aromatic rings. The molecule has 1 aliphatic rings. The molecule has 1 atom stereocenters. The Morgan fingerprint density at radius 2 is 2.12 bits per heavy atom. The average molecular weight is 326 g/mol. The van der Waals surface area contributed by atoms with Gasteiger partial charge in [-0.25, -0.2) is 4.68 Å². The summed E-state index contributed by atoms with van der Waals surface area (Å²) in [5.41, 5.74) is 10.9. The summed E-state index contributed by atoms with van der Waals surface area (Å²) in [6.45, 7) is 7.69. The normalized spacial score (nSPS) is 17.5. The van der Waals surface area contributed by atoms with Crippen LogP contribution in [-0.2, 0) is 11.2 Å². The first kappa shape index (κ1) is 16.7. The van der Waals surface area contributed by atoms with Gasteiger partial charge in [-0.3, -0.25) is 4.79 Å². The van der Waals surface area contributed by atoms with E-state index < -0.39 is 5.54 Å². The highest BCUT2D eigenvalue weighted by Crippen LogP contribution is 2.32. The van der Waals surface area contributed by atoms with Crippen LogP contribution in [0.2, 0.25) is 0 Å². The fourth-order valence-corrected chi connectivity index (χ4v) is 3.22. The standard InChI is InChI=1S/C19H26N4O/c1-12-7-5-9-16(13(12)2)23-17-10-6-8-15(14(17)11-21-23)22-18(24)19(3,4)20/h5,7,9,11,15H,6,8,10,20H2,1-4H3,(H,22,24). The summed E-state index contributed by atoms with van der Waals surface area (Å²) in [5.74, 6) is -0.125. The van der Waals surface area contributed by atoms with Gasteiger partial charge < -0.3 is 11.1 Å². The lowest BCUT2D eigenvalue weighted by atomic mass is 9.92. The molecule has 5 heteroatoms. The van der Waals surface area contributed by atoms with Crippen LogP contribution in [-0.4, -0.2) is 21.2 Å². The molecule has 3 N–H and O–H groups in total. The van der Waals surface area contributed by atoms with E-state index in [4.69, 9.17) is 5.73 Å². The first-order valence-corrected chi connectivity index (χ1v) is 8.52. The number of carbonyl (C=O) groups excluding carboxylic acids is 1. The lowest BCUT2D eigenvalue weighted by molar-refractivity contribution is -0.126. The average Bonchev–Trinajstić information content (AvgIpc) is 2.94. The summed E-state index contributed by atoms with van der Waals surface area (Å²) in [6.07, 6.45) is 4.82. The third-order valence-electron chi connectivity index (χ3n) is 4.88. The zero-order chi connectivity index (χ0) is 17.5. The topological polar surface area (TPSA) is 72.9 Å². The Morgan fingerprint density at radius 1 is 1.38 bits per heavy atom. The number of aromatic nitrogens is 2. The number of amides is 1. The van der Waals surface area contributed by atoms with E-state index in [1.54, 1.807) is 13.8 Å². The molecule has 5 nitrogen and oxygen atoms in total. The molecule has 128 valence electrons. The van der Waals surface area contributed by atoms with Gasteiger partial charge in [0.2, 0.25) is 5.91 Å². The van der Waals surface area contributed by atoms with Crippen LogP contribution in [0.1, 0.15) is 55.1 Å². The molecule has 1 amide bonds. The van der Waals surface area contributed by atoms with Gasteiger partial charge in [-0.2, -0.15) is 5.10 Å². The van der Waals surface area contributed by atoms with Gasteiger partial charge in [0.25, 0.3) is 0 Å². The first-order valence-electron chi connectivity index (χ1n) is 8.52. The van der Waals surface area contributed by atoms with Crippen LogP contribution >= 0.6 is 0 Å². The predicted octanol–water partition coefficient (Wildman–Crippen LogP) is 2.72. The Balaban J connectivity index is 1.96. The maximum absolute atomic E-state index is 12.3. The smallest absolute Gasteiger partial charge is 0.239 e. The number of carbonyl (C=O) groups is 1. The van der Waals surface area contributed by atoms with Crippen molar-refractivity contribution in [3.05, 3.63) is 46.8 Å². The van der Waals surface area contributed by atoms with Crippen LogP contribution in [0.3, 0.4) is 0 Å². The highest BCUT2D eigenvalue weighted by molar-refractivity contribution is 5.85.